The molecule has 2 aromatic heterocycles. The molecule has 2 aromatic rings. The number of carbonyl (C=O) groups is 1. The van der Waals surface area contributed by atoms with E-state index in [2.05, 4.69) is 10.1 Å². The molecule has 0 unspecified atom stereocenters. The molecule has 0 radical (unpaired) electrons. The zero-order valence-corrected chi connectivity index (χ0v) is 6.01. The number of rotatable bonds is 1. The van der Waals surface area contributed by atoms with Crippen molar-refractivity contribution in [2.24, 2.45) is 0 Å². The highest BCUT2D eigenvalue weighted by Gasteiger charge is 2.07. The van der Waals surface area contributed by atoms with Gasteiger partial charge < -0.3 is 5.11 Å². The van der Waals surface area contributed by atoms with Gasteiger partial charge in [-0.1, -0.05) is 0 Å². The summed E-state index contributed by atoms with van der Waals surface area (Å²) in [6.45, 7) is 0. The summed E-state index contributed by atoms with van der Waals surface area (Å²) in [5, 5.41) is 12.3. The Labute approximate surface area is 67.3 Å². The van der Waals surface area contributed by atoms with Crippen molar-refractivity contribution in [2.75, 3.05) is 0 Å². The van der Waals surface area contributed by atoms with Crippen LogP contribution in [-0.2, 0) is 0 Å². The predicted molar refractivity (Wildman–Crippen MR) is 39.9 cm³/mol. The van der Waals surface area contributed by atoms with Crippen LogP contribution in [-0.4, -0.2) is 25.7 Å². The van der Waals surface area contributed by atoms with Gasteiger partial charge in [0.05, 0.1) is 0 Å². The minimum absolute atomic E-state index is 0.00806. The largest absolute Gasteiger partial charge is 0.476 e. The second-order valence-electron chi connectivity index (χ2n) is 2.26. The maximum atomic E-state index is 10.5. The van der Waals surface area contributed by atoms with Gasteiger partial charge in [0.25, 0.3) is 0 Å². The Morgan fingerprint density at radius 2 is 2.42 bits per heavy atom. The summed E-state index contributed by atoms with van der Waals surface area (Å²) >= 11 is 0. The highest BCUT2D eigenvalue weighted by Crippen LogP contribution is 2.01. The number of fused-ring (bicyclic) bond motifs is 1. The van der Waals surface area contributed by atoms with Gasteiger partial charge in [0.15, 0.2) is 11.3 Å². The van der Waals surface area contributed by atoms with Gasteiger partial charge in [0, 0.05) is 18.5 Å². The number of nitrogens with zero attached hydrogens (tertiary/aromatic N) is 3. The van der Waals surface area contributed by atoms with E-state index in [1.807, 2.05) is 0 Å². The molecule has 0 bridgehead atoms. The van der Waals surface area contributed by atoms with Gasteiger partial charge >= 0.3 is 5.97 Å². The summed E-state index contributed by atoms with van der Waals surface area (Å²) in [4.78, 5) is 14.4. The lowest BCUT2D eigenvalue weighted by Gasteiger charge is -1.86. The van der Waals surface area contributed by atoms with Gasteiger partial charge in [0.1, 0.15) is 0 Å². The maximum Gasteiger partial charge on any atom is 0.356 e. The highest BCUT2D eigenvalue weighted by atomic mass is 16.4. The van der Waals surface area contributed by atoms with Crippen molar-refractivity contribution in [2.45, 2.75) is 0 Å². The lowest BCUT2D eigenvalue weighted by atomic mass is 10.4. The Hall–Kier alpha value is -1.91. The molecular formula is C7H5N3O2. The zero-order chi connectivity index (χ0) is 8.55. The summed E-state index contributed by atoms with van der Waals surface area (Å²) in [7, 11) is 0. The van der Waals surface area contributed by atoms with Crippen molar-refractivity contribution in [1.29, 1.82) is 0 Å². The van der Waals surface area contributed by atoms with E-state index >= 15 is 0 Å². The van der Waals surface area contributed by atoms with E-state index in [1.165, 1.54) is 10.6 Å². The van der Waals surface area contributed by atoms with Crippen LogP contribution in [0.1, 0.15) is 10.5 Å². The van der Waals surface area contributed by atoms with Crippen molar-refractivity contribution in [1.82, 2.24) is 14.6 Å². The average molecular weight is 163 g/mol. The van der Waals surface area contributed by atoms with Crippen LogP contribution in [0.5, 0.6) is 0 Å². The molecule has 0 amide bonds. The van der Waals surface area contributed by atoms with Crippen LogP contribution in [0, 0.1) is 0 Å². The number of hydrogen-bond donors (Lipinski definition) is 1. The van der Waals surface area contributed by atoms with E-state index < -0.39 is 5.97 Å². The van der Waals surface area contributed by atoms with E-state index in [0.717, 1.165) is 0 Å². The molecule has 1 N–H and O–H groups in total. The van der Waals surface area contributed by atoms with E-state index in [4.69, 9.17) is 5.11 Å². The van der Waals surface area contributed by atoms with Crippen molar-refractivity contribution >= 4 is 11.6 Å². The second-order valence-corrected chi connectivity index (χ2v) is 2.26. The molecule has 5 nitrogen and oxygen atoms in total. The summed E-state index contributed by atoms with van der Waals surface area (Å²) < 4.78 is 1.42. The standard InChI is InChI=1S/C7H5N3O2/c11-7(12)5-4-6-8-2-1-3-10(6)9-5/h1-4H,(H,11,12). The van der Waals surface area contributed by atoms with Crippen LogP contribution in [0.2, 0.25) is 0 Å². The van der Waals surface area contributed by atoms with E-state index in [-0.39, 0.29) is 5.69 Å². The molecule has 0 spiro atoms. The smallest absolute Gasteiger partial charge is 0.356 e. The Morgan fingerprint density at radius 3 is 3.08 bits per heavy atom. The highest BCUT2D eigenvalue weighted by molar-refractivity contribution is 5.86. The van der Waals surface area contributed by atoms with Crippen LogP contribution in [0.3, 0.4) is 0 Å². The first-order chi connectivity index (χ1) is 5.77. The first-order valence-corrected chi connectivity index (χ1v) is 3.31. The summed E-state index contributed by atoms with van der Waals surface area (Å²) in [5.41, 5.74) is 0.545. The molecule has 0 aromatic carbocycles. The fraction of sp³-hybridized carbons (Fsp3) is 0. The van der Waals surface area contributed by atoms with Crippen molar-refractivity contribution < 1.29 is 9.90 Å². The topological polar surface area (TPSA) is 67.5 Å². The third-order valence-corrected chi connectivity index (χ3v) is 1.46. The molecule has 12 heavy (non-hydrogen) atoms. The summed E-state index contributed by atoms with van der Waals surface area (Å²) in [6, 6.07) is 3.11. The molecule has 0 saturated carbocycles. The van der Waals surface area contributed by atoms with Crippen LogP contribution in [0.25, 0.3) is 5.65 Å². The van der Waals surface area contributed by atoms with Crippen molar-refractivity contribution in [3.8, 4) is 0 Å². The summed E-state index contributed by atoms with van der Waals surface area (Å²) in [6.07, 6.45) is 3.23. The summed E-state index contributed by atoms with van der Waals surface area (Å²) in [5.74, 6) is -1.04. The lowest BCUT2D eigenvalue weighted by molar-refractivity contribution is 0.0690. The third-order valence-electron chi connectivity index (χ3n) is 1.46. The molecule has 2 heterocycles. The number of hydrogen-bond acceptors (Lipinski definition) is 3. The van der Waals surface area contributed by atoms with Gasteiger partial charge in [0.2, 0.25) is 0 Å². The first kappa shape index (κ1) is 6.78. The first-order valence-electron chi connectivity index (χ1n) is 3.31. The Balaban J connectivity index is 2.70. The third kappa shape index (κ3) is 0.914. The van der Waals surface area contributed by atoms with E-state index in [1.54, 1.807) is 18.5 Å². The number of carboxylic acid groups (broad SMARTS) is 1. The fourth-order valence-electron chi connectivity index (χ4n) is 0.935. The predicted octanol–water partition coefficient (Wildman–Crippen LogP) is 0.427. The molecular weight excluding hydrogens is 158 g/mol. The van der Waals surface area contributed by atoms with Crippen LogP contribution in [0.15, 0.2) is 24.5 Å². The number of aromatic carboxylic acids is 1. The SMILES string of the molecule is O=C(O)c1cc2ncccn2n1. The van der Waals surface area contributed by atoms with E-state index in [9.17, 15) is 4.79 Å². The van der Waals surface area contributed by atoms with Crippen LogP contribution in [0.4, 0.5) is 0 Å². The number of carboxylic acids is 1. The normalized spacial score (nSPS) is 10.3. The number of aromatic nitrogens is 3. The monoisotopic (exact) mass is 163 g/mol. The zero-order valence-electron chi connectivity index (χ0n) is 6.01. The van der Waals surface area contributed by atoms with Gasteiger partial charge in [-0.3, -0.25) is 0 Å². The van der Waals surface area contributed by atoms with Gasteiger partial charge in [-0.15, -0.1) is 0 Å². The molecule has 0 aliphatic carbocycles. The minimum atomic E-state index is -1.04. The van der Waals surface area contributed by atoms with Gasteiger partial charge in [-0.25, -0.2) is 14.3 Å². The quantitative estimate of drug-likeness (QED) is 0.661. The van der Waals surface area contributed by atoms with Gasteiger partial charge in [-0.05, 0) is 6.07 Å². The molecule has 60 valence electrons. The fourth-order valence-corrected chi connectivity index (χ4v) is 0.935. The molecule has 0 fully saturated rings. The molecule has 5 heteroatoms. The van der Waals surface area contributed by atoms with Crippen LogP contribution >= 0.6 is 0 Å². The van der Waals surface area contributed by atoms with Crippen molar-refractivity contribution in [3.63, 3.8) is 0 Å². The molecule has 0 aliphatic heterocycles. The Kier molecular flexibility index (Phi) is 1.30. The van der Waals surface area contributed by atoms with Crippen LogP contribution < -0.4 is 0 Å². The Bertz CT molecular complexity index is 402. The minimum Gasteiger partial charge on any atom is -0.476 e. The van der Waals surface area contributed by atoms with Gasteiger partial charge in [-0.2, -0.15) is 5.10 Å². The molecule has 0 aliphatic rings. The Morgan fingerprint density at radius 1 is 1.58 bits per heavy atom. The lowest BCUT2D eigenvalue weighted by Crippen LogP contribution is -1.97. The molecule has 2 rings (SSSR count). The maximum absolute atomic E-state index is 10.5. The molecule has 0 atom stereocenters. The van der Waals surface area contributed by atoms with E-state index in [0.29, 0.717) is 5.65 Å². The second kappa shape index (κ2) is 2.30. The average Bonchev–Trinajstić information content (AvgIpc) is 2.46. The van der Waals surface area contributed by atoms with Crippen molar-refractivity contribution in [3.05, 3.63) is 30.2 Å². The molecule has 0 saturated heterocycles.